The topological polar surface area (TPSA) is 76.4 Å². The first kappa shape index (κ1) is 22.5. The van der Waals surface area contributed by atoms with Crippen molar-refractivity contribution in [2.45, 2.75) is 31.3 Å². The van der Waals surface area contributed by atoms with Crippen molar-refractivity contribution in [2.75, 3.05) is 25.1 Å². The van der Waals surface area contributed by atoms with Crippen molar-refractivity contribution in [3.8, 4) is 11.1 Å². The van der Waals surface area contributed by atoms with Crippen molar-refractivity contribution >= 4 is 17.4 Å². The van der Waals surface area contributed by atoms with E-state index < -0.39 is 11.9 Å². The zero-order chi connectivity index (χ0) is 22.5. The molecular weight excluding hydrogens is 433 g/mol. The molecule has 0 aliphatic carbocycles. The van der Waals surface area contributed by atoms with Crippen LogP contribution in [0, 0.1) is 5.82 Å². The largest absolute Gasteiger partial charge is 0.396 e. The van der Waals surface area contributed by atoms with E-state index in [9.17, 15) is 14.3 Å². The van der Waals surface area contributed by atoms with Gasteiger partial charge in [-0.05, 0) is 66.3 Å². The number of anilines is 1. The summed E-state index contributed by atoms with van der Waals surface area (Å²) in [5.74, 6) is 0.200. The van der Waals surface area contributed by atoms with Gasteiger partial charge in [0.05, 0.1) is 11.1 Å². The Morgan fingerprint density at radius 2 is 1.97 bits per heavy atom. The van der Waals surface area contributed by atoms with Gasteiger partial charge in [-0.25, -0.2) is 9.37 Å². The second-order valence-corrected chi connectivity index (χ2v) is 8.23. The molecule has 2 N–H and O–H groups in total. The van der Waals surface area contributed by atoms with E-state index in [4.69, 9.17) is 16.3 Å². The van der Waals surface area contributed by atoms with Crippen LogP contribution in [0.3, 0.4) is 0 Å². The summed E-state index contributed by atoms with van der Waals surface area (Å²) in [5.41, 5.74) is 1.96. The van der Waals surface area contributed by atoms with Crippen LogP contribution in [0.1, 0.15) is 30.9 Å². The van der Waals surface area contributed by atoms with Crippen molar-refractivity contribution in [3.05, 3.63) is 81.6 Å². The van der Waals surface area contributed by atoms with E-state index in [0.717, 1.165) is 43.0 Å². The van der Waals surface area contributed by atoms with Crippen LogP contribution in [0.4, 0.5) is 10.2 Å². The third kappa shape index (κ3) is 5.18. The van der Waals surface area contributed by atoms with E-state index in [1.165, 1.54) is 16.7 Å². The van der Waals surface area contributed by atoms with Gasteiger partial charge in [-0.2, -0.15) is 0 Å². The standard InChI is InChI=1S/C24H25ClFN3O3/c25-20-2-1-18(13-21(20)26)22(5-10-30)29-9-4-17(15-24(29)31)16-3-8-27-23(14-16)28-19-6-11-32-12-7-19/h1-4,8-9,13-15,19,22,30H,5-7,10-12H2,(H,27,28)/t22-/m1/s1. The zero-order valence-electron chi connectivity index (χ0n) is 17.5. The maximum Gasteiger partial charge on any atom is 0.251 e. The number of nitrogens with one attached hydrogen (secondary N) is 1. The van der Waals surface area contributed by atoms with E-state index in [1.54, 1.807) is 24.5 Å². The maximum absolute atomic E-state index is 14.0. The van der Waals surface area contributed by atoms with Gasteiger partial charge in [-0.3, -0.25) is 4.79 Å². The van der Waals surface area contributed by atoms with Crippen LogP contribution < -0.4 is 10.9 Å². The van der Waals surface area contributed by atoms with Gasteiger partial charge in [0.2, 0.25) is 0 Å². The van der Waals surface area contributed by atoms with Crippen LogP contribution >= 0.6 is 11.6 Å². The molecule has 3 aromatic rings. The number of benzene rings is 1. The molecule has 1 aliphatic heterocycles. The normalized spacial score (nSPS) is 15.5. The molecular formula is C24H25ClFN3O3. The minimum Gasteiger partial charge on any atom is -0.396 e. The first-order valence-corrected chi connectivity index (χ1v) is 11.0. The highest BCUT2D eigenvalue weighted by Gasteiger charge is 2.17. The molecule has 1 fully saturated rings. The molecule has 2 aromatic heterocycles. The Morgan fingerprint density at radius 3 is 2.69 bits per heavy atom. The lowest BCUT2D eigenvalue weighted by Crippen LogP contribution is -2.28. The van der Waals surface area contributed by atoms with E-state index in [-0.39, 0.29) is 23.6 Å². The third-order valence-electron chi connectivity index (χ3n) is 5.68. The van der Waals surface area contributed by atoms with Crippen LogP contribution in [-0.2, 0) is 4.74 Å². The molecule has 0 radical (unpaired) electrons. The summed E-state index contributed by atoms with van der Waals surface area (Å²) in [6.07, 6.45) is 5.53. The number of ether oxygens (including phenoxy) is 1. The third-order valence-corrected chi connectivity index (χ3v) is 5.99. The second-order valence-electron chi connectivity index (χ2n) is 7.82. The number of aliphatic hydroxyl groups is 1. The highest BCUT2D eigenvalue weighted by Crippen LogP contribution is 2.26. The molecule has 6 nitrogen and oxygen atoms in total. The molecule has 3 heterocycles. The van der Waals surface area contributed by atoms with Gasteiger partial charge < -0.3 is 19.7 Å². The van der Waals surface area contributed by atoms with Gasteiger partial charge in [0.1, 0.15) is 11.6 Å². The van der Waals surface area contributed by atoms with Gasteiger partial charge in [0, 0.05) is 44.3 Å². The smallest absolute Gasteiger partial charge is 0.251 e. The van der Waals surface area contributed by atoms with E-state index in [2.05, 4.69) is 10.3 Å². The van der Waals surface area contributed by atoms with Crippen molar-refractivity contribution in [1.29, 1.82) is 0 Å². The molecule has 168 valence electrons. The lowest BCUT2D eigenvalue weighted by Gasteiger charge is -2.23. The molecule has 1 saturated heterocycles. The number of aromatic nitrogens is 2. The molecule has 0 spiro atoms. The number of hydrogen-bond donors (Lipinski definition) is 2. The minimum atomic E-state index is -0.557. The van der Waals surface area contributed by atoms with Crippen molar-refractivity contribution < 1.29 is 14.2 Å². The van der Waals surface area contributed by atoms with E-state index in [1.807, 2.05) is 18.2 Å². The summed E-state index contributed by atoms with van der Waals surface area (Å²) in [6, 6.07) is 11.4. The van der Waals surface area contributed by atoms with Gasteiger partial charge in [-0.1, -0.05) is 17.7 Å². The van der Waals surface area contributed by atoms with Crippen LogP contribution in [0.25, 0.3) is 11.1 Å². The molecule has 1 aliphatic rings. The van der Waals surface area contributed by atoms with Gasteiger partial charge in [0.25, 0.3) is 5.56 Å². The minimum absolute atomic E-state index is 0.0158. The molecule has 8 heteroatoms. The Kier molecular flexibility index (Phi) is 7.19. The van der Waals surface area contributed by atoms with E-state index >= 15 is 0 Å². The highest BCUT2D eigenvalue weighted by molar-refractivity contribution is 6.30. The van der Waals surface area contributed by atoms with Gasteiger partial charge in [0.15, 0.2) is 0 Å². The number of nitrogens with zero attached hydrogens (tertiary/aromatic N) is 2. The number of halogens is 2. The predicted molar refractivity (Wildman–Crippen MR) is 123 cm³/mol. The molecule has 1 atom stereocenters. The predicted octanol–water partition coefficient (Wildman–Crippen LogP) is 4.27. The van der Waals surface area contributed by atoms with Crippen molar-refractivity contribution in [2.24, 2.45) is 0 Å². The summed E-state index contributed by atoms with van der Waals surface area (Å²) in [5, 5.41) is 13.0. The number of pyridine rings is 2. The monoisotopic (exact) mass is 457 g/mol. The molecule has 0 amide bonds. The molecule has 0 bridgehead atoms. The van der Waals surface area contributed by atoms with Crippen LogP contribution in [0.2, 0.25) is 5.02 Å². The molecule has 0 saturated carbocycles. The Bertz CT molecular complexity index is 1130. The second kappa shape index (κ2) is 10.3. The highest BCUT2D eigenvalue weighted by atomic mass is 35.5. The lowest BCUT2D eigenvalue weighted by atomic mass is 10.0. The fourth-order valence-electron chi connectivity index (χ4n) is 3.98. The van der Waals surface area contributed by atoms with Crippen LogP contribution in [0.5, 0.6) is 0 Å². The first-order valence-electron chi connectivity index (χ1n) is 10.6. The fourth-order valence-corrected chi connectivity index (χ4v) is 4.09. The van der Waals surface area contributed by atoms with Crippen LogP contribution in [-0.4, -0.2) is 40.5 Å². The molecule has 1 aromatic carbocycles. The Labute approximate surface area is 190 Å². The number of aliphatic hydroxyl groups excluding tert-OH is 1. The zero-order valence-corrected chi connectivity index (χ0v) is 18.3. The summed E-state index contributed by atoms with van der Waals surface area (Å²) < 4.78 is 20.9. The summed E-state index contributed by atoms with van der Waals surface area (Å²) in [4.78, 5) is 17.4. The maximum atomic E-state index is 14.0. The summed E-state index contributed by atoms with van der Waals surface area (Å²) >= 11 is 5.79. The molecule has 4 rings (SSSR count). The SMILES string of the molecule is O=c1cc(-c2ccnc(NC3CCOCC3)c2)ccn1[C@H](CCO)c1ccc(Cl)c(F)c1. The Morgan fingerprint density at radius 1 is 1.19 bits per heavy atom. The molecule has 32 heavy (non-hydrogen) atoms. The summed E-state index contributed by atoms with van der Waals surface area (Å²) in [7, 11) is 0. The average molecular weight is 458 g/mol. The molecule has 0 unspecified atom stereocenters. The number of hydrogen-bond acceptors (Lipinski definition) is 5. The van der Waals surface area contributed by atoms with Gasteiger partial charge in [-0.15, -0.1) is 0 Å². The fraction of sp³-hybridized carbons (Fsp3) is 0.333. The Balaban J connectivity index is 1.60. The lowest BCUT2D eigenvalue weighted by molar-refractivity contribution is 0.0904. The van der Waals surface area contributed by atoms with Gasteiger partial charge >= 0.3 is 0 Å². The Hall–Kier alpha value is -2.74. The van der Waals surface area contributed by atoms with E-state index in [0.29, 0.717) is 11.6 Å². The van der Waals surface area contributed by atoms with Crippen molar-refractivity contribution in [3.63, 3.8) is 0 Å². The average Bonchev–Trinajstić information content (AvgIpc) is 2.80. The quantitative estimate of drug-likeness (QED) is 0.554. The number of rotatable bonds is 7. The van der Waals surface area contributed by atoms with Crippen molar-refractivity contribution in [1.82, 2.24) is 9.55 Å². The first-order chi connectivity index (χ1) is 15.5. The summed E-state index contributed by atoms with van der Waals surface area (Å²) in [6.45, 7) is 1.33. The van der Waals surface area contributed by atoms with Crippen LogP contribution in [0.15, 0.2) is 59.7 Å².